The van der Waals surface area contributed by atoms with Crippen molar-refractivity contribution >= 4 is 17.2 Å². The van der Waals surface area contributed by atoms with E-state index in [1.54, 1.807) is 4.68 Å². The maximum absolute atomic E-state index is 13.8. The first-order valence-electron chi connectivity index (χ1n) is 14.2. The lowest BCUT2D eigenvalue weighted by atomic mass is 9.87. The van der Waals surface area contributed by atoms with Crippen LogP contribution in [0.5, 0.6) is 5.75 Å². The lowest BCUT2D eigenvalue weighted by Crippen LogP contribution is -2.53. The van der Waals surface area contributed by atoms with Crippen LogP contribution in [0, 0.1) is 6.92 Å². The van der Waals surface area contributed by atoms with Crippen molar-refractivity contribution in [2.24, 2.45) is 0 Å². The van der Waals surface area contributed by atoms with E-state index in [2.05, 4.69) is 48.2 Å². The summed E-state index contributed by atoms with van der Waals surface area (Å²) in [5, 5.41) is 9.17. The number of ether oxygens (including phenoxy) is 1. The second kappa shape index (κ2) is 11.4. The van der Waals surface area contributed by atoms with Crippen LogP contribution < -0.4 is 4.74 Å². The number of likely N-dealkylation sites (tertiary alicyclic amines) is 1. The van der Waals surface area contributed by atoms with Crippen LogP contribution >= 0.6 is 11.3 Å². The topological polar surface area (TPSA) is 73.1 Å². The zero-order valence-corrected chi connectivity index (χ0v) is 26.0. The van der Waals surface area contributed by atoms with Crippen molar-refractivity contribution in [1.82, 2.24) is 24.9 Å². The predicted octanol–water partition coefficient (Wildman–Crippen LogP) is 7.86. The van der Waals surface area contributed by atoms with Crippen molar-refractivity contribution in [3.63, 3.8) is 0 Å². The molecule has 1 fully saturated rings. The van der Waals surface area contributed by atoms with E-state index in [0.29, 0.717) is 33.4 Å². The molecule has 0 bridgehead atoms. The second-order valence-corrected chi connectivity index (χ2v) is 13.9. The molecule has 1 aliphatic rings. The Labute approximate surface area is 253 Å². The van der Waals surface area contributed by atoms with Gasteiger partial charge in [0, 0.05) is 22.5 Å². The maximum atomic E-state index is 13.8. The van der Waals surface area contributed by atoms with Crippen LogP contribution in [0.25, 0.3) is 10.6 Å². The quantitative estimate of drug-likeness (QED) is 0.222. The van der Waals surface area contributed by atoms with Gasteiger partial charge in [0.1, 0.15) is 28.8 Å². The first-order chi connectivity index (χ1) is 20.1. The van der Waals surface area contributed by atoms with Crippen LogP contribution in [-0.2, 0) is 18.2 Å². The van der Waals surface area contributed by atoms with Crippen LogP contribution in [0.1, 0.15) is 85.7 Å². The van der Waals surface area contributed by atoms with Crippen LogP contribution in [0.2, 0.25) is 0 Å². The molecule has 1 unspecified atom stereocenters. The van der Waals surface area contributed by atoms with E-state index in [9.17, 15) is 18.0 Å². The van der Waals surface area contributed by atoms with Crippen molar-refractivity contribution in [2.45, 2.75) is 84.2 Å². The van der Waals surface area contributed by atoms with E-state index in [4.69, 9.17) is 4.74 Å². The van der Waals surface area contributed by atoms with E-state index in [1.807, 2.05) is 44.0 Å². The Morgan fingerprint density at radius 3 is 2.33 bits per heavy atom. The third-order valence-corrected chi connectivity index (χ3v) is 8.98. The lowest BCUT2D eigenvalue weighted by molar-refractivity contribution is -0.137. The number of halogens is 3. The van der Waals surface area contributed by atoms with E-state index in [-0.39, 0.29) is 24.0 Å². The number of aromatic nitrogens is 4. The molecule has 3 heterocycles. The summed E-state index contributed by atoms with van der Waals surface area (Å²) in [6.07, 6.45) is -0.969. The van der Waals surface area contributed by atoms with Gasteiger partial charge < -0.3 is 9.64 Å². The number of carbonyl (C=O) groups is 1. The zero-order chi connectivity index (χ0) is 31.2. The average molecular weight is 612 g/mol. The summed E-state index contributed by atoms with van der Waals surface area (Å²) in [6, 6.07) is 12.8. The number of hydrogen-bond acceptors (Lipinski definition) is 6. The number of benzene rings is 2. The number of nitrogens with zero attached hydrogens (tertiary/aromatic N) is 5. The first kappa shape index (κ1) is 30.7. The largest absolute Gasteiger partial charge is 0.487 e. The molecule has 2 aromatic carbocycles. The second-order valence-electron chi connectivity index (χ2n) is 12.7. The Balaban J connectivity index is 1.27. The van der Waals surface area contributed by atoms with Gasteiger partial charge in [0.2, 0.25) is 0 Å². The molecular weight excluding hydrogens is 575 g/mol. The first-order valence-corrected chi connectivity index (χ1v) is 15.0. The highest BCUT2D eigenvalue weighted by Crippen LogP contribution is 2.37. The van der Waals surface area contributed by atoms with Gasteiger partial charge in [-0.15, -0.1) is 16.4 Å². The van der Waals surface area contributed by atoms with E-state index >= 15 is 0 Å². The van der Waals surface area contributed by atoms with Gasteiger partial charge in [-0.25, -0.2) is 9.67 Å². The van der Waals surface area contributed by atoms with Crippen molar-refractivity contribution in [2.75, 3.05) is 6.54 Å². The number of thiazole rings is 1. The van der Waals surface area contributed by atoms with E-state index in [1.165, 1.54) is 29.0 Å². The summed E-state index contributed by atoms with van der Waals surface area (Å²) in [7, 11) is 0. The Bertz CT molecular complexity index is 1580. The highest BCUT2D eigenvalue weighted by atomic mass is 32.1. The molecular formula is C32H36F3N5O2S. The van der Waals surface area contributed by atoms with Crippen molar-refractivity contribution in [3.05, 3.63) is 82.1 Å². The van der Waals surface area contributed by atoms with Gasteiger partial charge in [0.25, 0.3) is 5.91 Å². The highest BCUT2D eigenvalue weighted by Gasteiger charge is 2.40. The summed E-state index contributed by atoms with van der Waals surface area (Å²) < 4.78 is 46.8. The molecule has 1 atom stereocenters. The lowest BCUT2D eigenvalue weighted by Gasteiger charge is -2.45. The van der Waals surface area contributed by atoms with Gasteiger partial charge in [-0.05, 0) is 68.9 Å². The summed E-state index contributed by atoms with van der Waals surface area (Å²) in [5.74, 6) is 0.553. The third-order valence-electron chi connectivity index (χ3n) is 7.96. The van der Waals surface area contributed by atoms with Gasteiger partial charge in [0.15, 0.2) is 0 Å². The Kier molecular flexibility index (Phi) is 8.15. The SMILES string of the molecule is Cc1sc(-c2ccc(C(F)(F)F)cc2)nc1C(=O)N1CC(n2cc(COc3ccc(C(C)(C)C)cc3)nn2)CCC1(C)C. The van der Waals surface area contributed by atoms with Crippen LogP contribution in [0.4, 0.5) is 13.2 Å². The molecule has 7 nitrogen and oxygen atoms in total. The van der Waals surface area contributed by atoms with Crippen molar-refractivity contribution in [3.8, 4) is 16.3 Å². The van der Waals surface area contributed by atoms with Gasteiger partial charge in [-0.3, -0.25) is 4.79 Å². The number of alkyl halides is 3. The summed E-state index contributed by atoms with van der Waals surface area (Å²) in [5.41, 5.74) is 1.71. The summed E-state index contributed by atoms with van der Waals surface area (Å²) >= 11 is 1.30. The van der Waals surface area contributed by atoms with Crippen LogP contribution in [0.15, 0.2) is 54.7 Å². The molecule has 0 saturated carbocycles. The minimum absolute atomic E-state index is 0.0671. The fourth-order valence-corrected chi connectivity index (χ4v) is 6.10. The molecule has 0 aliphatic carbocycles. The minimum Gasteiger partial charge on any atom is -0.487 e. The molecule has 0 radical (unpaired) electrons. The Hall–Kier alpha value is -3.73. The Morgan fingerprint density at radius 1 is 1.05 bits per heavy atom. The normalized spacial score (nSPS) is 17.2. The van der Waals surface area contributed by atoms with Gasteiger partial charge in [0.05, 0.1) is 17.8 Å². The summed E-state index contributed by atoms with van der Waals surface area (Å²) in [6.45, 7) is 13.1. The molecule has 4 aromatic rings. The van der Waals surface area contributed by atoms with Crippen molar-refractivity contribution < 1.29 is 22.7 Å². The third kappa shape index (κ3) is 6.76. The molecule has 5 rings (SSSR count). The van der Waals surface area contributed by atoms with Gasteiger partial charge in [-0.2, -0.15) is 13.2 Å². The fraction of sp³-hybridized carbons (Fsp3) is 0.438. The summed E-state index contributed by atoms with van der Waals surface area (Å²) in [4.78, 5) is 21.0. The van der Waals surface area contributed by atoms with Gasteiger partial charge in [-0.1, -0.05) is 50.3 Å². The zero-order valence-electron chi connectivity index (χ0n) is 25.2. The number of aryl methyl sites for hydroxylation is 1. The Morgan fingerprint density at radius 2 is 1.70 bits per heavy atom. The molecule has 228 valence electrons. The number of hydrogen-bond donors (Lipinski definition) is 0. The molecule has 1 amide bonds. The number of piperidine rings is 1. The van der Waals surface area contributed by atoms with Crippen LogP contribution in [-0.4, -0.2) is 42.9 Å². The minimum atomic E-state index is -4.41. The molecule has 1 saturated heterocycles. The molecule has 2 aromatic heterocycles. The predicted molar refractivity (Wildman–Crippen MR) is 160 cm³/mol. The number of carbonyl (C=O) groups excluding carboxylic acids is 1. The number of rotatable bonds is 6. The average Bonchev–Trinajstić information content (AvgIpc) is 3.58. The van der Waals surface area contributed by atoms with Gasteiger partial charge >= 0.3 is 6.18 Å². The van der Waals surface area contributed by atoms with Crippen LogP contribution in [0.3, 0.4) is 0 Å². The fourth-order valence-electron chi connectivity index (χ4n) is 5.19. The molecule has 43 heavy (non-hydrogen) atoms. The molecule has 11 heteroatoms. The van der Waals surface area contributed by atoms with Crippen molar-refractivity contribution in [1.29, 1.82) is 0 Å². The standard InChI is InChI=1S/C32H36F3N5O2S/c1-20-27(36-28(43-20)21-7-9-23(10-8-21)32(33,34)35)29(41)39-18-25(15-16-31(39,5)6)40-17-24(37-38-40)19-42-26-13-11-22(12-14-26)30(2,3)4/h7-14,17,25H,15-16,18-19H2,1-6H3. The smallest absolute Gasteiger partial charge is 0.416 e. The molecule has 1 aliphatic heterocycles. The molecule has 0 spiro atoms. The van der Waals surface area contributed by atoms with E-state index < -0.39 is 17.3 Å². The highest BCUT2D eigenvalue weighted by molar-refractivity contribution is 7.15. The maximum Gasteiger partial charge on any atom is 0.416 e. The molecule has 0 N–H and O–H groups in total. The number of amides is 1. The monoisotopic (exact) mass is 611 g/mol. The van der Waals surface area contributed by atoms with E-state index in [0.717, 1.165) is 30.7 Å².